The molecule has 0 saturated heterocycles. The van der Waals surface area contributed by atoms with Crippen LogP contribution >= 0.6 is 15.9 Å². The van der Waals surface area contributed by atoms with E-state index in [1.807, 2.05) is 6.07 Å². The van der Waals surface area contributed by atoms with Crippen LogP contribution in [0.2, 0.25) is 0 Å². The average Bonchev–Trinajstić information content (AvgIpc) is 2.50. The Morgan fingerprint density at radius 3 is 2.58 bits per heavy atom. The third-order valence-corrected chi connectivity index (χ3v) is 3.65. The summed E-state index contributed by atoms with van der Waals surface area (Å²) in [7, 11) is 0. The third-order valence-electron chi connectivity index (χ3n) is 3.19. The molecule has 0 spiro atoms. The van der Waals surface area contributed by atoms with Gasteiger partial charge < -0.3 is 9.47 Å². The van der Waals surface area contributed by atoms with Crippen molar-refractivity contribution in [3.05, 3.63) is 22.4 Å². The number of nitrogens with zero attached hydrogens (tertiary/aromatic N) is 3. The van der Waals surface area contributed by atoms with Crippen molar-refractivity contribution in [1.29, 1.82) is 5.26 Å². The Kier molecular flexibility index (Phi) is 7.29. The maximum Gasteiger partial charge on any atom is 0.351 e. The largest absolute Gasteiger partial charge is 0.491 e. The predicted octanol–water partition coefficient (Wildman–Crippen LogP) is 4.55. The number of carbonyl (C=O) groups excluding carboxylic acids is 1. The Labute approximate surface area is 148 Å². The molecule has 0 saturated carbocycles. The van der Waals surface area contributed by atoms with E-state index in [1.165, 1.54) is 12.1 Å². The van der Waals surface area contributed by atoms with Gasteiger partial charge in [0.2, 0.25) is 0 Å². The van der Waals surface area contributed by atoms with Crippen LogP contribution in [-0.2, 0) is 9.53 Å². The zero-order valence-electron chi connectivity index (χ0n) is 14.0. The summed E-state index contributed by atoms with van der Waals surface area (Å²) < 4.78 is 24.9. The Morgan fingerprint density at radius 2 is 2.08 bits per heavy atom. The molecule has 1 aromatic rings. The smallest absolute Gasteiger partial charge is 0.351 e. The van der Waals surface area contributed by atoms with E-state index in [-0.39, 0.29) is 18.0 Å². The van der Waals surface area contributed by atoms with E-state index >= 15 is 0 Å². The SMILES string of the molecule is CCOC(=O)C(C#N)(N=Nc1c(F)cc(Br)cc1OCC)C(C)C. The number of ether oxygens (including phenoxy) is 2. The van der Waals surface area contributed by atoms with Crippen molar-refractivity contribution in [1.82, 2.24) is 0 Å². The third kappa shape index (κ3) is 4.29. The molecule has 1 rings (SSSR count). The summed E-state index contributed by atoms with van der Waals surface area (Å²) in [6.45, 7) is 7.04. The fraction of sp³-hybridized carbons (Fsp3) is 0.500. The summed E-state index contributed by atoms with van der Waals surface area (Å²) in [6, 6.07) is 4.58. The van der Waals surface area contributed by atoms with Crippen molar-refractivity contribution in [2.75, 3.05) is 13.2 Å². The van der Waals surface area contributed by atoms with Gasteiger partial charge >= 0.3 is 5.97 Å². The van der Waals surface area contributed by atoms with Gasteiger partial charge in [0.15, 0.2) is 17.3 Å². The van der Waals surface area contributed by atoms with Crippen molar-refractivity contribution in [3.63, 3.8) is 0 Å². The molecule has 6 nitrogen and oxygen atoms in total. The zero-order chi connectivity index (χ0) is 18.3. The van der Waals surface area contributed by atoms with Crippen LogP contribution < -0.4 is 4.74 Å². The van der Waals surface area contributed by atoms with Crippen LogP contribution in [0.25, 0.3) is 0 Å². The molecule has 8 heteroatoms. The number of esters is 1. The number of benzene rings is 1. The summed E-state index contributed by atoms with van der Waals surface area (Å²) in [5.74, 6) is -1.86. The van der Waals surface area contributed by atoms with Crippen LogP contribution in [-0.4, -0.2) is 24.7 Å². The van der Waals surface area contributed by atoms with Crippen molar-refractivity contribution >= 4 is 27.6 Å². The first-order chi connectivity index (χ1) is 11.3. The van der Waals surface area contributed by atoms with Gasteiger partial charge in [-0.2, -0.15) is 10.4 Å². The number of hydrogen-bond donors (Lipinski definition) is 0. The van der Waals surface area contributed by atoms with E-state index in [0.29, 0.717) is 11.1 Å². The molecule has 130 valence electrons. The quantitative estimate of drug-likeness (QED) is 0.497. The molecule has 0 aliphatic carbocycles. The molecular formula is C16H19BrFN3O3. The lowest BCUT2D eigenvalue weighted by atomic mass is 9.89. The molecule has 1 aromatic carbocycles. The maximum absolute atomic E-state index is 14.2. The Balaban J connectivity index is 3.39. The summed E-state index contributed by atoms with van der Waals surface area (Å²) >= 11 is 3.17. The summed E-state index contributed by atoms with van der Waals surface area (Å²) in [5.41, 5.74) is -2.02. The second-order valence-electron chi connectivity index (χ2n) is 5.12. The Morgan fingerprint density at radius 1 is 1.42 bits per heavy atom. The van der Waals surface area contributed by atoms with Gasteiger partial charge in [-0.25, -0.2) is 9.18 Å². The highest BCUT2D eigenvalue weighted by molar-refractivity contribution is 9.10. The molecule has 0 aliphatic heterocycles. The first-order valence-electron chi connectivity index (χ1n) is 7.45. The average molecular weight is 400 g/mol. The first kappa shape index (κ1) is 20.0. The molecule has 0 bridgehead atoms. The number of azo groups is 1. The first-order valence-corrected chi connectivity index (χ1v) is 8.24. The summed E-state index contributed by atoms with van der Waals surface area (Å²) in [6.07, 6.45) is 0. The second kappa shape index (κ2) is 8.73. The van der Waals surface area contributed by atoms with Crippen LogP contribution in [0, 0.1) is 23.1 Å². The highest BCUT2D eigenvalue weighted by Gasteiger charge is 2.44. The van der Waals surface area contributed by atoms with Crippen LogP contribution in [0.15, 0.2) is 26.8 Å². The lowest BCUT2D eigenvalue weighted by molar-refractivity contribution is -0.148. The van der Waals surface area contributed by atoms with Crippen LogP contribution in [0.5, 0.6) is 5.75 Å². The van der Waals surface area contributed by atoms with Crippen LogP contribution in [0.4, 0.5) is 10.1 Å². The van der Waals surface area contributed by atoms with Gasteiger partial charge in [-0.05, 0) is 26.0 Å². The van der Waals surface area contributed by atoms with Gasteiger partial charge in [-0.15, -0.1) is 5.11 Å². The van der Waals surface area contributed by atoms with E-state index in [1.54, 1.807) is 27.7 Å². The van der Waals surface area contributed by atoms with Gasteiger partial charge in [0.25, 0.3) is 5.54 Å². The molecule has 0 radical (unpaired) electrons. The number of halogens is 2. The minimum absolute atomic E-state index is 0.0986. The standard InChI is InChI=1S/C16H19BrFN3O3/c1-5-23-13-8-11(17)7-12(18)14(13)20-21-16(9-19,10(3)4)15(22)24-6-2/h7-8,10H,5-6H2,1-4H3. The van der Waals surface area contributed by atoms with Crippen LogP contribution in [0.1, 0.15) is 27.7 Å². The van der Waals surface area contributed by atoms with Gasteiger partial charge in [0, 0.05) is 10.4 Å². The lowest BCUT2D eigenvalue weighted by Gasteiger charge is -2.22. The molecule has 0 amide bonds. The van der Waals surface area contributed by atoms with Crippen LogP contribution in [0.3, 0.4) is 0 Å². The van der Waals surface area contributed by atoms with Crippen molar-refractivity contribution < 1.29 is 18.7 Å². The van der Waals surface area contributed by atoms with Gasteiger partial charge in [-0.3, -0.25) is 0 Å². The van der Waals surface area contributed by atoms with E-state index in [2.05, 4.69) is 26.2 Å². The van der Waals surface area contributed by atoms with E-state index in [0.717, 1.165) is 0 Å². The lowest BCUT2D eigenvalue weighted by Crippen LogP contribution is -2.41. The molecule has 1 unspecified atom stereocenters. The topological polar surface area (TPSA) is 84.0 Å². The molecule has 0 aliphatic rings. The molecule has 0 N–H and O–H groups in total. The molecule has 0 fully saturated rings. The van der Waals surface area contributed by atoms with Crippen molar-refractivity contribution in [2.24, 2.45) is 16.1 Å². The predicted molar refractivity (Wildman–Crippen MR) is 89.6 cm³/mol. The van der Waals surface area contributed by atoms with E-state index < -0.39 is 23.2 Å². The Hall–Kier alpha value is -2.01. The highest BCUT2D eigenvalue weighted by atomic mass is 79.9. The number of rotatable bonds is 7. The highest BCUT2D eigenvalue weighted by Crippen LogP contribution is 2.36. The van der Waals surface area contributed by atoms with Crippen molar-refractivity contribution in [2.45, 2.75) is 33.2 Å². The maximum atomic E-state index is 14.2. The number of hydrogen-bond acceptors (Lipinski definition) is 6. The van der Waals surface area contributed by atoms with Gasteiger partial charge in [0.05, 0.1) is 13.2 Å². The van der Waals surface area contributed by atoms with Gasteiger partial charge in [-0.1, -0.05) is 29.8 Å². The Bertz CT molecular complexity index is 673. The number of carbonyl (C=O) groups is 1. The minimum atomic E-state index is -1.85. The normalized spacial score (nSPS) is 13.6. The number of nitriles is 1. The van der Waals surface area contributed by atoms with E-state index in [9.17, 15) is 14.4 Å². The van der Waals surface area contributed by atoms with Crippen molar-refractivity contribution in [3.8, 4) is 11.8 Å². The second-order valence-corrected chi connectivity index (χ2v) is 6.04. The van der Waals surface area contributed by atoms with E-state index in [4.69, 9.17) is 9.47 Å². The van der Waals surface area contributed by atoms with Gasteiger partial charge in [0.1, 0.15) is 6.07 Å². The molecule has 0 aromatic heterocycles. The minimum Gasteiger partial charge on any atom is -0.491 e. The monoisotopic (exact) mass is 399 g/mol. The molecule has 24 heavy (non-hydrogen) atoms. The zero-order valence-corrected chi connectivity index (χ0v) is 15.6. The summed E-state index contributed by atoms with van der Waals surface area (Å²) in [4.78, 5) is 12.2. The summed E-state index contributed by atoms with van der Waals surface area (Å²) in [5, 5.41) is 17.1. The molecular weight excluding hydrogens is 381 g/mol. The molecule has 0 heterocycles. The fourth-order valence-electron chi connectivity index (χ4n) is 1.86. The fourth-order valence-corrected chi connectivity index (χ4v) is 2.27. The molecule has 1 atom stereocenters.